The van der Waals surface area contributed by atoms with Crippen molar-refractivity contribution in [3.63, 3.8) is 0 Å². The number of nitrogens with one attached hydrogen (secondary N) is 1. The molecule has 2 heteroatoms. The van der Waals surface area contributed by atoms with E-state index < -0.39 is 0 Å². The number of benzene rings is 4. The summed E-state index contributed by atoms with van der Waals surface area (Å²) in [5.41, 5.74) is 6.06. The summed E-state index contributed by atoms with van der Waals surface area (Å²) in [7, 11) is 0. The van der Waals surface area contributed by atoms with Gasteiger partial charge in [-0.2, -0.15) is 0 Å². The number of hydrogen-bond acceptors (Lipinski definition) is 0. The maximum Gasteiger partial charge on any atom is 0.0546 e. The topological polar surface area (TPSA) is 15.8 Å². The minimum atomic E-state index is 0.754. The third-order valence-corrected chi connectivity index (χ3v) is 5.18. The lowest BCUT2D eigenvalue weighted by molar-refractivity contribution is 1.48. The smallest absolute Gasteiger partial charge is 0.0546 e. The molecule has 124 valence electrons. The molecule has 1 nitrogen and oxygen atoms in total. The van der Waals surface area contributed by atoms with Crippen molar-refractivity contribution in [3.8, 4) is 22.3 Å². The summed E-state index contributed by atoms with van der Waals surface area (Å²) in [5.74, 6) is 0. The van der Waals surface area contributed by atoms with Gasteiger partial charge >= 0.3 is 0 Å². The molecule has 5 rings (SSSR count). The first-order valence-corrected chi connectivity index (χ1v) is 9.04. The Labute approximate surface area is 156 Å². The Balaban J connectivity index is 1.96. The maximum absolute atomic E-state index is 6.11. The molecule has 0 saturated carbocycles. The van der Waals surface area contributed by atoms with Gasteiger partial charge in [-0.15, -0.1) is 0 Å². The average Bonchev–Trinajstić information content (AvgIpc) is 3.16. The highest BCUT2D eigenvalue weighted by molar-refractivity contribution is 6.30. The number of H-pyrrole nitrogens is 1. The van der Waals surface area contributed by atoms with Crippen LogP contribution >= 0.6 is 11.6 Å². The summed E-state index contributed by atoms with van der Waals surface area (Å²) in [6.45, 7) is 0. The van der Waals surface area contributed by atoms with Crippen LogP contribution in [0.1, 0.15) is 0 Å². The van der Waals surface area contributed by atoms with E-state index in [4.69, 9.17) is 11.6 Å². The summed E-state index contributed by atoms with van der Waals surface area (Å²) >= 11 is 6.11. The number of halogens is 1. The standard InChI is InChI=1S/C24H16ClN/c25-18-12-10-17(11-13-18)22-19-8-4-5-9-20(19)23(16-6-2-1-3-7-16)24-21(22)14-15-26-24/h1-15,26H. The molecule has 0 amide bonds. The highest BCUT2D eigenvalue weighted by Crippen LogP contribution is 2.43. The zero-order valence-electron chi connectivity index (χ0n) is 14.0. The summed E-state index contributed by atoms with van der Waals surface area (Å²) in [6.07, 6.45) is 2.02. The van der Waals surface area contributed by atoms with Crippen LogP contribution in [0.5, 0.6) is 0 Å². The van der Waals surface area contributed by atoms with E-state index in [1.807, 2.05) is 18.3 Å². The van der Waals surface area contributed by atoms with Crippen molar-refractivity contribution in [1.29, 1.82) is 0 Å². The van der Waals surface area contributed by atoms with Gasteiger partial charge in [0.2, 0.25) is 0 Å². The van der Waals surface area contributed by atoms with E-state index in [1.54, 1.807) is 0 Å². The van der Waals surface area contributed by atoms with Gasteiger partial charge in [-0.3, -0.25) is 0 Å². The van der Waals surface area contributed by atoms with Crippen LogP contribution in [0, 0.1) is 0 Å². The molecule has 0 aliphatic heterocycles. The van der Waals surface area contributed by atoms with Gasteiger partial charge < -0.3 is 4.98 Å². The van der Waals surface area contributed by atoms with Gasteiger partial charge in [-0.1, -0.05) is 78.3 Å². The second kappa shape index (κ2) is 6.05. The lowest BCUT2D eigenvalue weighted by Gasteiger charge is -2.15. The fraction of sp³-hybridized carbons (Fsp3) is 0. The predicted octanol–water partition coefficient (Wildman–Crippen LogP) is 7.31. The molecule has 0 bridgehead atoms. The van der Waals surface area contributed by atoms with Gasteiger partial charge in [0.1, 0.15) is 0 Å². The molecule has 1 heterocycles. The summed E-state index contributed by atoms with van der Waals surface area (Å²) in [5, 5.41) is 4.48. The zero-order chi connectivity index (χ0) is 17.5. The monoisotopic (exact) mass is 353 g/mol. The number of rotatable bonds is 2. The van der Waals surface area contributed by atoms with E-state index in [0.717, 1.165) is 5.02 Å². The SMILES string of the molecule is Clc1ccc(-c2c3ccccc3c(-c3ccccc3)c3[nH]ccc23)cc1. The normalized spacial score (nSPS) is 11.3. The maximum atomic E-state index is 6.11. The van der Waals surface area contributed by atoms with Crippen LogP contribution in [0.15, 0.2) is 91.1 Å². The zero-order valence-corrected chi connectivity index (χ0v) is 14.8. The van der Waals surface area contributed by atoms with Gasteiger partial charge in [-0.25, -0.2) is 0 Å². The molecule has 0 fully saturated rings. The molecule has 1 N–H and O–H groups in total. The molecule has 0 atom stereocenters. The van der Waals surface area contributed by atoms with Crippen LogP contribution in [0.3, 0.4) is 0 Å². The fourth-order valence-corrected chi connectivity index (χ4v) is 3.94. The lowest BCUT2D eigenvalue weighted by Crippen LogP contribution is -1.89. The molecule has 0 radical (unpaired) electrons. The Morgan fingerprint density at radius 2 is 1.15 bits per heavy atom. The van der Waals surface area contributed by atoms with Crippen LogP contribution in [0.4, 0.5) is 0 Å². The Morgan fingerprint density at radius 3 is 1.88 bits per heavy atom. The van der Waals surface area contributed by atoms with Crippen LogP contribution in [-0.4, -0.2) is 4.98 Å². The average molecular weight is 354 g/mol. The third kappa shape index (κ3) is 2.33. The fourth-order valence-electron chi connectivity index (χ4n) is 3.82. The Kier molecular flexibility index (Phi) is 3.55. The molecule has 0 unspecified atom stereocenters. The molecular formula is C24H16ClN. The minimum Gasteiger partial charge on any atom is -0.361 e. The molecule has 4 aromatic carbocycles. The number of fused-ring (bicyclic) bond motifs is 2. The molecule has 0 spiro atoms. The van der Waals surface area contributed by atoms with Gasteiger partial charge in [-0.05, 0) is 45.7 Å². The lowest BCUT2D eigenvalue weighted by atomic mass is 9.89. The summed E-state index contributed by atoms with van der Waals surface area (Å²) in [4.78, 5) is 3.47. The largest absolute Gasteiger partial charge is 0.361 e. The Morgan fingerprint density at radius 1 is 0.538 bits per heavy atom. The van der Waals surface area contributed by atoms with Crippen molar-refractivity contribution in [2.75, 3.05) is 0 Å². The van der Waals surface area contributed by atoms with E-state index in [2.05, 4.69) is 77.8 Å². The van der Waals surface area contributed by atoms with Crippen LogP contribution in [-0.2, 0) is 0 Å². The van der Waals surface area contributed by atoms with Crippen molar-refractivity contribution in [2.45, 2.75) is 0 Å². The van der Waals surface area contributed by atoms with Gasteiger partial charge in [0.15, 0.2) is 0 Å². The van der Waals surface area contributed by atoms with Crippen molar-refractivity contribution in [2.24, 2.45) is 0 Å². The van der Waals surface area contributed by atoms with Crippen molar-refractivity contribution in [3.05, 3.63) is 96.1 Å². The molecule has 0 aliphatic carbocycles. The van der Waals surface area contributed by atoms with Crippen LogP contribution < -0.4 is 0 Å². The Bertz CT molecular complexity index is 1220. The van der Waals surface area contributed by atoms with E-state index in [-0.39, 0.29) is 0 Å². The summed E-state index contributed by atoms with van der Waals surface area (Å²) < 4.78 is 0. The van der Waals surface area contributed by atoms with Crippen LogP contribution in [0.25, 0.3) is 43.9 Å². The predicted molar refractivity (Wildman–Crippen MR) is 112 cm³/mol. The molecule has 0 aliphatic rings. The highest BCUT2D eigenvalue weighted by Gasteiger charge is 2.16. The van der Waals surface area contributed by atoms with E-state index >= 15 is 0 Å². The summed E-state index contributed by atoms with van der Waals surface area (Å²) in [6, 6.07) is 29.5. The molecule has 1 aromatic heterocycles. The number of hydrogen-bond donors (Lipinski definition) is 1. The first-order valence-electron chi connectivity index (χ1n) is 8.66. The second-order valence-electron chi connectivity index (χ2n) is 6.43. The highest BCUT2D eigenvalue weighted by atomic mass is 35.5. The van der Waals surface area contributed by atoms with Crippen LogP contribution in [0.2, 0.25) is 5.02 Å². The third-order valence-electron chi connectivity index (χ3n) is 4.93. The Hall–Kier alpha value is -3.03. The minimum absolute atomic E-state index is 0.754. The van der Waals surface area contributed by atoms with Crippen molar-refractivity contribution >= 4 is 33.3 Å². The first kappa shape index (κ1) is 15.2. The molecule has 0 saturated heterocycles. The van der Waals surface area contributed by atoms with Gasteiger partial charge in [0.25, 0.3) is 0 Å². The van der Waals surface area contributed by atoms with E-state index in [0.29, 0.717) is 0 Å². The van der Waals surface area contributed by atoms with Crippen molar-refractivity contribution < 1.29 is 0 Å². The second-order valence-corrected chi connectivity index (χ2v) is 6.87. The first-order chi connectivity index (χ1) is 12.8. The number of aromatic nitrogens is 1. The van der Waals surface area contributed by atoms with E-state index in [9.17, 15) is 0 Å². The van der Waals surface area contributed by atoms with Crippen molar-refractivity contribution in [1.82, 2.24) is 4.98 Å². The molecule has 26 heavy (non-hydrogen) atoms. The van der Waals surface area contributed by atoms with Gasteiger partial charge in [0, 0.05) is 22.2 Å². The molecular weight excluding hydrogens is 338 g/mol. The molecule has 5 aromatic rings. The van der Waals surface area contributed by atoms with Gasteiger partial charge in [0.05, 0.1) is 5.52 Å². The number of aromatic amines is 1. The van der Waals surface area contributed by atoms with E-state index in [1.165, 1.54) is 43.9 Å². The quantitative estimate of drug-likeness (QED) is 0.342.